The second-order valence-electron chi connectivity index (χ2n) is 7.66. The first kappa shape index (κ1) is 22.2. The number of nitrogens with one attached hydrogen (secondary N) is 1. The molecule has 32 heavy (non-hydrogen) atoms. The normalized spacial score (nSPS) is 14.4. The first-order valence-electron chi connectivity index (χ1n) is 10.5. The van der Waals surface area contributed by atoms with Gasteiger partial charge in [0.1, 0.15) is 17.4 Å². The fraction of sp³-hybridized carbons (Fsp3) is 0.240. The van der Waals surface area contributed by atoms with Gasteiger partial charge in [0.25, 0.3) is 0 Å². The number of thiocarbonyl (C=S) groups is 1. The predicted molar refractivity (Wildman–Crippen MR) is 127 cm³/mol. The van der Waals surface area contributed by atoms with Crippen molar-refractivity contribution in [2.45, 2.75) is 6.04 Å². The second-order valence-corrected chi connectivity index (χ2v) is 8.05. The minimum atomic E-state index is -0.274. The molecule has 0 spiro atoms. The van der Waals surface area contributed by atoms with Gasteiger partial charge in [-0.05, 0) is 59.7 Å². The van der Waals surface area contributed by atoms with Crippen LogP contribution in [0, 0.1) is 11.6 Å². The zero-order valence-electron chi connectivity index (χ0n) is 17.8. The van der Waals surface area contributed by atoms with Gasteiger partial charge in [-0.1, -0.05) is 36.4 Å². The van der Waals surface area contributed by atoms with Crippen molar-refractivity contribution in [3.05, 3.63) is 95.6 Å². The molecule has 166 valence electrons. The SMILES string of the molecule is COc1ccccc1NC(=S)N1CCN(C(c2ccc(F)cc2)c2ccc(F)cc2)CC1. The average molecular weight is 454 g/mol. The topological polar surface area (TPSA) is 27.7 Å². The van der Waals surface area contributed by atoms with Crippen molar-refractivity contribution < 1.29 is 13.5 Å². The Hall–Kier alpha value is -3.03. The summed E-state index contributed by atoms with van der Waals surface area (Å²) >= 11 is 5.64. The molecule has 0 radical (unpaired) electrons. The van der Waals surface area contributed by atoms with Crippen LogP contribution in [0.5, 0.6) is 5.75 Å². The molecule has 1 aliphatic heterocycles. The van der Waals surface area contributed by atoms with Gasteiger partial charge in [-0.25, -0.2) is 8.78 Å². The summed E-state index contributed by atoms with van der Waals surface area (Å²) < 4.78 is 32.4. The monoisotopic (exact) mass is 453 g/mol. The van der Waals surface area contributed by atoms with E-state index < -0.39 is 0 Å². The maximum atomic E-state index is 13.5. The number of rotatable bonds is 5. The highest BCUT2D eigenvalue weighted by Gasteiger charge is 2.27. The van der Waals surface area contributed by atoms with Crippen LogP contribution in [0.1, 0.15) is 17.2 Å². The lowest BCUT2D eigenvalue weighted by atomic mass is 9.96. The zero-order chi connectivity index (χ0) is 22.5. The van der Waals surface area contributed by atoms with Gasteiger partial charge in [-0.2, -0.15) is 0 Å². The summed E-state index contributed by atoms with van der Waals surface area (Å²) in [5, 5.41) is 3.93. The molecule has 0 saturated carbocycles. The Morgan fingerprint density at radius 1 is 0.844 bits per heavy atom. The lowest BCUT2D eigenvalue weighted by molar-refractivity contribution is 0.151. The number of anilines is 1. The highest BCUT2D eigenvalue weighted by atomic mass is 32.1. The molecule has 0 aliphatic carbocycles. The Morgan fingerprint density at radius 2 is 1.38 bits per heavy atom. The number of ether oxygens (including phenoxy) is 1. The van der Waals surface area contributed by atoms with Crippen LogP contribution in [-0.4, -0.2) is 48.2 Å². The van der Waals surface area contributed by atoms with Crippen LogP contribution in [0.4, 0.5) is 14.5 Å². The van der Waals surface area contributed by atoms with E-state index in [0.717, 1.165) is 48.7 Å². The molecule has 1 saturated heterocycles. The highest BCUT2D eigenvalue weighted by molar-refractivity contribution is 7.80. The molecule has 3 aromatic carbocycles. The van der Waals surface area contributed by atoms with Gasteiger partial charge < -0.3 is 15.0 Å². The second kappa shape index (κ2) is 10.1. The number of benzene rings is 3. The third-order valence-electron chi connectivity index (χ3n) is 5.69. The molecule has 3 aromatic rings. The van der Waals surface area contributed by atoms with Crippen molar-refractivity contribution >= 4 is 23.0 Å². The van der Waals surface area contributed by atoms with Crippen molar-refractivity contribution in [3.63, 3.8) is 0 Å². The van der Waals surface area contributed by atoms with Gasteiger partial charge in [0, 0.05) is 26.2 Å². The zero-order valence-corrected chi connectivity index (χ0v) is 18.6. The molecular formula is C25H25F2N3OS. The Bertz CT molecular complexity index is 1010. The highest BCUT2D eigenvalue weighted by Crippen LogP contribution is 2.30. The Balaban J connectivity index is 1.48. The van der Waals surface area contributed by atoms with Gasteiger partial charge in [0.15, 0.2) is 5.11 Å². The summed E-state index contributed by atoms with van der Waals surface area (Å²) in [6.07, 6.45) is 0. The number of halogens is 2. The summed E-state index contributed by atoms with van der Waals surface area (Å²) in [4.78, 5) is 4.45. The molecule has 1 N–H and O–H groups in total. The van der Waals surface area contributed by atoms with Gasteiger partial charge in [0.05, 0.1) is 18.8 Å². The minimum absolute atomic E-state index is 0.0888. The fourth-order valence-corrected chi connectivity index (χ4v) is 4.32. The van der Waals surface area contributed by atoms with Gasteiger partial charge in [0.2, 0.25) is 0 Å². The molecule has 1 fully saturated rings. The third-order valence-corrected chi connectivity index (χ3v) is 6.05. The number of hydrogen-bond donors (Lipinski definition) is 1. The van der Waals surface area contributed by atoms with Crippen LogP contribution in [0.3, 0.4) is 0 Å². The van der Waals surface area contributed by atoms with Gasteiger partial charge >= 0.3 is 0 Å². The number of nitrogens with zero attached hydrogens (tertiary/aromatic N) is 2. The molecule has 0 atom stereocenters. The van der Waals surface area contributed by atoms with E-state index in [2.05, 4.69) is 15.1 Å². The molecule has 0 amide bonds. The molecule has 7 heteroatoms. The van der Waals surface area contributed by atoms with E-state index in [1.54, 1.807) is 31.4 Å². The van der Waals surface area contributed by atoms with Gasteiger partial charge in [-0.3, -0.25) is 4.90 Å². The van der Waals surface area contributed by atoms with E-state index in [0.29, 0.717) is 5.11 Å². The maximum Gasteiger partial charge on any atom is 0.173 e. The van der Waals surface area contributed by atoms with Crippen LogP contribution in [0.25, 0.3) is 0 Å². The first-order valence-corrected chi connectivity index (χ1v) is 10.9. The Kier molecular flexibility index (Phi) is 6.97. The lowest BCUT2D eigenvalue weighted by Crippen LogP contribution is -2.51. The standard InChI is InChI=1S/C25H25F2N3OS/c1-31-23-5-3-2-4-22(23)28-25(32)30-16-14-29(15-17-30)24(18-6-10-20(26)11-7-18)19-8-12-21(27)13-9-19/h2-13,24H,14-17H2,1H3,(H,28,32). The minimum Gasteiger partial charge on any atom is -0.495 e. The van der Waals surface area contributed by atoms with Crippen LogP contribution >= 0.6 is 12.2 Å². The van der Waals surface area contributed by atoms with Crippen LogP contribution in [0.15, 0.2) is 72.8 Å². The summed E-state index contributed by atoms with van der Waals surface area (Å²) in [6, 6.07) is 20.6. The molecule has 1 aliphatic rings. The number of hydrogen-bond acceptors (Lipinski definition) is 3. The number of methoxy groups -OCH3 is 1. The van der Waals surface area contributed by atoms with E-state index in [1.807, 2.05) is 24.3 Å². The van der Waals surface area contributed by atoms with E-state index in [4.69, 9.17) is 17.0 Å². The molecule has 1 heterocycles. The van der Waals surface area contributed by atoms with Crippen molar-refractivity contribution in [2.24, 2.45) is 0 Å². The van der Waals surface area contributed by atoms with Crippen LogP contribution in [0.2, 0.25) is 0 Å². The molecule has 0 bridgehead atoms. The van der Waals surface area contributed by atoms with E-state index in [1.165, 1.54) is 24.3 Å². The maximum absolute atomic E-state index is 13.5. The molecule has 4 rings (SSSR count). The first-order chi connectivity index (χ1) is 15.5. The molecule has 4 nitrogen and oxygen atoms in total. The Morgan fingerprint density at radius 3 is 1.91 bits per heavy atom. The third kappa shape index (κ3) is 5.06. The van der Waals surface area contributed by atoms with E-state index in [-0.39, 0.29) is 17.7 Å². The number of piperazine rings is 1. The van der Waals surface area contributed by atoms with Crippen molar-refractivity contribution in [1.29, 1.82) is 0 Å². The van der Waals surface area contributed by atoms with Crippen molar-refractivity contribution in [1.82, 2.24) is 9.80 Å². The fourth-order valence-electron chi connectivity index (χ4n) is 4.03. The molecule has 0 unspecified atom stereocenters. The van der Waals surface area contributed by atoms with Crippen LogP contribution < -0.4 is 10.1 Å². The van der Waals surface area contributed by atoms with Crippen LogP contribution in [-0.2, 0) is 0 Å². The molecular weight excluding hydrogens is 428 g/mol. The predicted octanol–water partition coefficient (Wildman–Crippen LogP) is 5.08. The summed E-state index contributed by atoms with van der Waals surface area (Å²) in [5.41, 5.74) is 2.78. The largest absolute Gasteiger partial charge is 0.495 e. The quantitative estimate of drug-likeness (QED) is 0.544. The summed E-state index contributed by atoms with van der Waals surface area (Å²) in [7, 11) is 1.63. The average Bonchev–Trinajstić information content (AvgIpc) is 2.82. The lowest BCUT2D eigenvalue weighted by Gasteiger charge is -2.40. The van der Waals surface area contributed by atoms with Gasteiger partial charge in [-0.15, -0.1) is 0 Å². The van der Waals surface area contributed by atoms with Crippen molar-refractivity contribution in [2.75, 3.05) is 38.6 Å². The Labute approximate surface area is 192 Å². The summed E-state index contributed by atoms with van der Waals surface area (Å²) in [6.45, 7) is 2.99. The van der Waals surface area contributed by atoms with E-state index >= 15 is 0 Å². The number of para-hydroxylation sites is 2. The van der Waals surface area contributed by atoms with E-state index in [9.17, 15) is 8.78 Å². The molecule has 0 aromatic heterocycles. The van der Waals surface area contributed by atoms with Crippen molar-refractivity contribution in [3.8, 4) is 5.75 Å². The summed E-state index contributed by atoms with van der Waals surface area (Å²) in [5.74, 6) is 0.189. The smallest absolute Gasteiger partial charge is 0.173 e.